The Kier molecular flexibility index (Phi) is 3.77. The summed E-state index contributed by atoms with van der Waals surface area (Å²) in [5, 5.41) is 8.17. The number of halogens is 1. The van der Waals surface area contributed by atoms with E-state index in [9.17, 15) is 13.2 Å². The molecule has 1 aromatic rings. The van der Waals surface area contributed by atoms with Crippen molar-refractivity contribution in [2.75, 3.05) is 9.93 Å². The van der Waals surface area contributed by atoms with E-state index < -0.39 is 21.2 Å². The maximum absolute atomic E-state index is 11.2. The van der Waals surface area contributed by atoms with Crippen LogP contribution in [0.25, 0.3) is 0 Å². The summed E-state index contributed by atoms with van der Waals surface area (Å²) in [4.78, 5) is 10.7. The van der Waals surface area contributed by atoms with Crippen LogP contribution in [-0.2, 0) is 10.0 Å². The topological polar surface area (TPSA) is 83.5 Å². The maximum Gasteiger partial charge on any atom is 0.335 e. The monoisotopic (exact) mass is 263 g/mol. The molecule has 7 heteroatoms. The van der Waals surface area contributed by atoms with Crippen molar-refractivity contribution in [3.63, 3.8) is 0 Å². The highest BCUT2D eigenvalue weighted by Crippen LogP contribution is 2.18. The van der Waals surface area contributed by atoms with Gasteiger partial charge in [-0.2, -0.15) is 0 Å². The minimum Gasteiger partial charge on any atom is -0.478 e. The van der Waals surface area contributed by atoms with Crippen LogP contribution in [0.5, 0.6) is 0 Å². The fraction of sp³-hybridized carbons (Fsp3) is 0.222. The predicted octanol–water partition coefficient (Wildman–Crippen LogP) is 1.63. The summed E-state index contributed by atoms with van der Waals surface area (Å²) >= 11 is 5.23. The number of anilines is 1. The number of nitrogens with one attached hydrogen (secondary N) is 1. The van der Waals surface area contributed by atoms with Crippen molar-refractivity contribution in [1.82, 2.24) is 0 Å². The van der Waals surface area contributed by atoms with E-state index >= 15 is 0 Å². The van der Waals surface area contributed by atoms with Gasteiger partial charge >= 0.3 is 5.97 Å². The van der Waals surface area contributed by atoms with Crippen molar-refractivity contribution < 1.29 is 18.3 Å². The van der Waals surface area contributed by atoms with Crippen molar-refractivity contribution >= 4 is 33.3 Å². The molecule has 0 unspecified atom stereocenters. The van der Waals surface area contributed by atoms with Crippen LogP contribution in [-0.4, -0.2) is 24.7 Å². The Hall–Kier alpha value is -1.27. The van der Waals surface area contributed by atoms with Crippen LogP contribution in [0.2, 0.25) is 0 Å². The number of sulfonamides is 1. The summed E-state index contributed by atoms with van der Waals surface area (Å²) in [6.45, 7) is 1.66. The highest BCUT2D eigenvalue weighted by molar-refractivity contribution is 7.93. The standard InChI is InChI=1S/C9H10ClNO4S/c1-6-2-3-7(9(12)13)4-8(6)11-16(14,15)5-10/h2-4,11H,5H2,1H3,(H,12,13). The Bertz CT molecular complexity index is 512. The molecule has 0 atom stereocenters. The normalized spacial score (nSPS) is 11.1. The first-order valence-corrected chi connectivity index (χ1v) is 6.45. The van der Waals surface area contributed by atoms with Crippen molar-refractivity contribution in [2.45, 2.75) is 6.92 Å². The Morgan fingerprint density at radius 2 is 2.12 bits per heavy atom. The second-order valence-corrected chi connectivity index (χ2v) is 5.47. The van der Waals surface area contributed by atoms with Crippen LogP contribution in [0, 0.1) is 6.92 Å². The number of hydrogen-bond donors (Lipinski definition) is 2. The lowest BCUT2D eigenvalue weighted by Gasteiger charge is -2.09. The molecule has 16 heavy (non-hydrogen) atoms. The fourth-order valence-electron chi connectivity index (χ4n) is 1.06. The molecule has 0 aliphatic rings. The van der Waals surface area contributed by atoms with Gasteiger partial charge in [0, 0.05) is 0 Å². The molecule has 0 aromatic heterocycles. The van der Waals surface area contributed by atoms with Crippen LogP contribution in [0.1, 0.15) is 15.9 Å². The summed E-state index contributed by atoms with van der Waals surface area (Å²) in [5.74, 6) is -1.12. The van der Waals surface area contributed by atoms with Gasteiger partial charge in [-0.1, -0.05) is 6.07 Å². The molecule has 0 aliphatic carbocycles. The van der Waals surface area contributed by atoms with Gasteiger partial charge in [-0.05, 0) is 24.6 Å². The quantitative estimate of drug-likeness (QED) is 0.809. The number of aromatic carboxylic acids is 1. The van der Waals surface area contributed by atoms with E-state index in [-0.39, 0.29) is 11.3 Å². The van der Waals surface area contributed by atoms with Gasteiger partial charge in [-0.15, -0.1) is 11.6 Å². The van der Waals surface area contributed by atoms with Crippen molar-refractivity contribution in [3.8, 4) is 0 Å². The Morgan fingerprint density at radius 3 is 2.62 bits per heavy atom. The molecule has 0 spiro atoms. The van der Waals surface area contributed by atoms with Crippen LogP contribution in [0.3, 0.4) is 0 Å². The highest BCUT2D eigenvalue weighted by Gasteiger charge is 2.12. The zero-order valence-electron chi connectivity index (χ0n) is 8.40. The molecule has 0 aliphatic heterocycles. The molecule has 88 valence electrons. The van der Waals surface area contributed by atoms with Crippen LogP contribution in [0.4, 0.5) is 5.69 Å². The maximum atomic E-state index is 11.2. The Morgan fingerprint density at radius 1 is 1.50 bits per heavy atom. The first-order chi connectivity index (χ1) is 7.35. The SMILES string of the molecule is Cc1ccc(C(=O)O)cc1NS(=O)(=O)CCl. The van der Waals surface area contributed by atoms with Gasteiger partial charge in [0.2, 0.25) is 10.0 Å². The third-order valence-corrected chi connectivity index (χ3v) is 3.57. The number of benzene rings is 1. The number of carboxylic acid groups (broad SMARTS) is 1. The molecule has 0 heterocycles. The fourth-order valence-corrected chi connectivity index (χ4v) is 1.83. The Labute approximate surface area is 98.1 Å². The molecule has 0 amide bonds. The third kappa shape index (κ3) is 3.11. The first-order valence-electron chi connectivity index (χ1n) is 4.26. The van der Waals surface area contributed by atoms with Crippen molar-refractivity contribution in [3.05, 3.63) is 29.3 Å². The Balaban J connectivity index is 3.13. The average molecular weight is 264 g/mol. The van der Waals surface area contributed by atoms with Crippen LogP contribution < -0.4 is 4.72 Å². The lowest BCUT2D eigenvalue weighted by atomic mass is 10.1. The number of rotatable bonds is 4. The molecule has 1 aromatic carbocycles. The second kappa shape index (κ2) is 4.71. The van der Waals surface area contributed by atoms with E-state index in [4.69, 9.17) is 16.7 Å². The van der Waals surface area contributed by atoms with E-state index in [0.717, 1.165) is 0 Å². The first kappa shape index (κ1) is 12.8. The molecule has 2 N–H and O–H groups in total. The van der Waals surface area contributed by atoms with Gasteiger partial charge in [-0.25, -0.2) is 13.2 Å². The van der Waals surface area contributed by atoms with Gasteiger partial charge in [0.05, 0.1) is 11.3 Å². The van der Waals surface area contributed by atoms with E-state index in [2.05, 4.69) is 4.72 Å². The van der Waals surface area contributed by atoms with Crippen molar-refractivity contribution in [2.24, 2.45) is 0 Å². The van der Waals surface area contributed by atoms with Gasteiger partial charge < -0.3 is 5.11 Å². The van der Waals surface area contributed by atoms with Crippen LogP contribution in [0.15, 0.2) is 18.2 Å². The molecule has 0 radical (unpaired) electrons. The van der Waals surface area contributed by atoms with Crippen molar-refractivity contribution in [1.29, 1.82) is 0 Å². The molecule has 1 rings (SSSR count). The van der Waals surface area contributed by atoms with E-state index in [1.165, 1.54) is 18.2 Å². The molecule has 5 nitrogen and oxygen atoms in total. The van der Waals surface area contributed by atoms with E-state index in [1.54, 1.807) is 6.92 Å². The molecular formula is C9H10ClNO4S. The third-order valence-electron chi connectivity index (χ3n) is 1.89. The van der Waals surface area contributed by atoms with Gasteiger partial charge in [0.15, 0.2) is 0 Å². The molecular weight excluding hydrogens is 254 g/mol. The van der Waals surface area contributed by atoms with E-state index in [0.29, 0.717) is 5.56 Å². The smallest absolute Gasteiger partial charge is 0.335 e. The molecule has 0 saturated carbocycles. The highest BCUT2D eigenvalue weighted by atomic mass is 35.5. The zero-order valence-corrected chi connectivity index (χ0v) is 9.97. The summed E-state index contributed by atoms with van der Waals surface area (Å²) < 4.78 is 24.6. The number of hydrogen-bond acceptors (Lipinski definition) is 3. The molecule has 0 saturated heterocycles. The van der Waals surface area contributed by atoms with E-state index in [1.807, 2.05) is 0 Å². The molecule has 0 fully saturated rings. The minimum absolute atomic E-state index is 0.0119. The number of alkyl halides is 1. The number of carboxylic acids is 1. The second-order valence-electron chi connectivity index (χ2n) is 3.16. The zero-order chi connectivity index (χ0) is 12.3. The van der Waals surface area contributed by atoms with Gasteiger partial charge in [-0.3, -0.25) is 4.72 Å². The predicted molar refractivity (Wildman–Crippen MR) is 61.4 cm³/mol. The summed E-state index contributed by atoms with van der Waals surface area (Å²) in [5.41, 5.74) is 0.858. The average Bonchev–Trinajstić information content (AvgIpc) is 2.21. The summed E-state index contributed by atoms with van der Waals surface area (Å²) in [6, 6.07) is 4.17. The largest absolute Gasteiger partial charge is 0.478 e. The lowest BCUT2D eigenvalue weighted by Crippen LogP contribution is -2.14. The molecule has 0 bridgehead atoms. The number of carbonyl (C=O) groups is 1. The van der Waals surface area contributed by atoms with Gasteiger partial charge in [0.25, 0.3) is 0 Å². The van der Waals surface area contributed by atoms with Gasteiger partial charge in [0.1, 0.15) is 5.21 Å². The van der Waals surface area contributed by atoms with Crippen LogP contribution >= 0.6 is 11.6 Å². The minimum atomic E-state index is -3.62. The summed E-state index contributed by atoms with van der Waals surface area (Å²) in [7, 11) is -3.62. The summed E-state index contributed by atoms with van der Waals surface area (Å²) in [6.07, 6.45) is 0. The number of aryl methyl sites for hydroxylation is 1. The lowest BCUT2D eigenvalue weighted by molar-refractivity contribution is 0.0697.